The van der Waals surface area contributed by atoms with Crippen molar-refractivity contribution in [1.29, 1.82) is 0 Å². The summed E-state index contributed by atoms with van der Waals surface area (Å²) < 4.78 is 6.47. The highest BCUT2D eigenvalue weighted by Gasteiger charge is 2.45. The van der Waals surface area contributed by atoms with Gasteiger partial charge in [-0.25, -0.2) is 0 Å². The summed E-state index contributed by atoms with van der Waals surface area (Å²) in [5.41, 5.74) is 4.89. The van der Waals surface area contributed by atoms with E-state index in [0.29, 0.717) is 25.1 Å². The molecule has 0 bridgehead atoms. The van der Waals surface area contributed by atoms with Crippen molar-refractivity contribution in [3.8, 4) is 5.75 Å². The lowest BCUT2D eigenvalue weighted by molar-refractivity contribution is -0.123. The van der Waals surface area contributed by atoms with Gasteiger partial charge in [0.25, 0.3) is 5.91 Å². The molecular formula is C34H39N3O4. The molecule has 2 aliphatic heterocycles. The van der Waals surface area contributed by atoms with Crippen molar-refractivity contribution >= 4 is 11.8 Å². The van der Waals surface area contributed by atoms with Crippen molar-refractivity contribution in [2.24, 2.45) is 0 Å². The van der Waals surface area contributed by atoms with Gasteiger partial charge in [-0.15, -0.1) is 0 Å². The summed E-state index contributed by atoms with van der Waals surface area (Å²) in [6.45, 7) is 2.84. The number of rotatable bonds is 10. The maximum atomic E-state index is 13.2. The van der Waals surface area contributed by atoms with Gasteiger partial charge in [-0.2, -0.15) is 0 Å². The van der Waals surface area contributed by atoms with E-state index < -0.39 is 12.1 Å². The summed E-state index contributed by atoms with van der Waals surface area (Å²) in [6.07, 6.45) is 4.74. The fraction of sp³-hybridized carbons (Fsp3) is 0.412. The monoisotopic (exact) mass is 553 g/mol. The number of amides is 2. The molecule has 1 aliphatic carbocycles. The van der Waals surface area contributed by atoms with Crippen molar-refractivity contribution in [3.63, 3.8) is 0 Å². The van der Waals surface area contributed by atoms with Crippen molar-refractivity contribution in [1.82, 2.24) is 15.5 Å². The van der Waals surface area contributed by atoms with E-state index in [1.165, 1.54) is 12.0 Å². The summed E-state index contributed by atoms with van der Waals surface area (Å²) in [5.74, 6) is 0.529. The summed E-state index contributed by atoms with van der Waals surface area (Å²) in [7, 11) is 0. The number of carbonyl (C=O) groups is 2. The van der Waals surface area contributed by atoms with Gasteiger partial charge in [0.15, 0.2) is 0 Å². The highest BCUT2D eigenvalue weighted by molar-refractivity contribution is 6.00. The number of nitrogens with one attached hydrogen (secondary N) is 2. The number of ether oxygens (including phenoxy) is 1. The Bertz CT molecular complexity index is 1400. The zero-order valence-corrected chi connectivity index (χ0v) is 23.6. The van der Waals surface area contributed by atoms with E-state index in [0.717, 1.165) is 48.1 Å². The molecule has 3 aromatic carbocycles. The minimum Gasteiger partial charge on any atom is -0.487 e. The molecule has 7 nitrogen and oxygen atoms in total. The number of carbonyl (C=O) groups excluding carboxylic acids is 2. The van der Waals surface area contributed by atoms with Gasteiger partial charge in [-0.05, 0) is 60.9 Å². The lowest BCUT2D eigenvalue weighted by Gasteiger charge is -2.48. The zero-order valence-electron chi connectivity index (χ0n) is 23.6. The van der Waals surface area contributed by atoms with E-state index in [1.54, 1.807) is 11.0 Å². The van der Waals surface area contributed by atoms with Crippen molar-refractivity contribution in [3.05, 3.63) is 101 Å². The molecule has 41 heavy (non-hydrogen) atoms. The van der Waals surface area contributed by atoms with Crippen molar-refractivity contribution in [2.75, 3.05) is 13.1 Å². The highest BCUT2D eigenvalue weighted by atomic mass is 16.5. The number of nitrogens with zero attached hydrogens (tertiary/aromatic N) is 1. The second-order valence-electron chi connectivity index (χ2n) is 11.8. The number of hydrogen-bond acceptors (Lipinski definition) is 5. The number of aliphatic hydroxyl groups excluding tert-OH is 1. The molecule has 0 aromatic heterocycles. The van der Waals surface area contributed by atoms with Crippen LogP contribution in [0, 0.1) is 0 Å². The van der Waals surface area contributed by atoms with Crippen LogP contribution >= 0.6 is 0 Å². The van der Waals surface area contributed by atoms with Crippen LogP contribution in [0.2, 0.25) is 0 Å². The molecule has 1 saturated carbocycles. The van der Waals surface area contributed by atoms with Gasteiger partial charge in [0.2, 0.25) is 5.91 Å². The van der Waals surface area contributed by atoms with Crippen LogP contribution in [0.15, 0.2) is 72.8 Å². The normalized spacial score (nSPS) is 20.0. The quantitative estimate of drug-likeness (QED) is 0.348. The Morgan fingerprint density at radius 2 is 1.85 bits per heavy atom. The zero-order chi connectivity index (χ0) is 28.4. The molecule has 0 radical (unpaired) electrons. The smallest absolute Gasteiger partial charge is 0.254 e. The number of fused-ring (bicyclic) bond motifs is 2. The molecule has 2 heterocycles. The van der Waals surface area contributed by atoms with E-state index >= 15 is 0 Å². The lowest BCUT2D eigenvalue weighted by atomic mass is 9.72. The molecular weight excluding hydrogens is 514 g/mol. The molecule has 0 unspecified atom stereocenters. The van der Waals surface area contributed by atoms with Crippen molar-refractivity contribution < 1.29 is 19.4 Å². The van der Waals surface area contributed by atoms with Gasteiger partial charge in [-0.1, -0.05) is 67.6 Å². The molecule has 3 N–H and O–H groups in total. The summed E-state index contributed by atoms with van der Waals surface area (Å²) >= 11 is 0. The number of hydrogen-bond donors (Lipinski definition) is 3. The Balaban J connectivity index is 1.15. The fourth-order valence-corrected chi connectivity index (χ4v) is 6.42. The number of aliphatic hydroxyl groups is 1. The van der Waals surface area contributed by atoms with Gasteiger partial charge in [0.1, 0.15) is 17.9 Å². The van der Waals surface area contributed by atoms with Gasteiger partial charge in [0, 0.05) is 36.7 Å². The first-order chi connectivity index (χ1) is 19.9. The Morgan fingerprint density at radius 1 is 1.07 bits per heavy atom. The van der Waals surface area contributed by atoms with Crippen molar-refractivity contribution in [2.45, 2.75) is 75.8 Å². The second kappa shape index (κ2) is 11.7. The molecule has 3 atom stereocenters. The van der Waals surface area contributed by atoms with Crippen LogP contribution in [-0.4, -0.2) is 52.7 Å². The Kier molecular flexibility index (Phi) is 7.82. The predicted molar refractivity (Wildman–Crippen MR) is 158 cm³/mol. The van der Waals surface area contributed by atoms with Gasteiger partial charge >= 0.3 is 0 Å². The molecule has 2 amide bonds. The third kappa shape index (κ3) is 5.88. The second-order valence-corrected chi connectivity index (χ2v) is 11.8. The molecule has 214 valence electrons. The van der Waals surface area contributed by atoms with Crippen LogP contribution in [0.1, 0.15) is 71.3 Å². The molecule has 6 rings (SSSR count). The van der Waals surface area contributed by atoms with Crippen LogP contribution in [0.25, 0.3) is 0 Å². The SMILES string of the molecule is CCc1ccc2c(c1)[C@@H](NC[C@H](O)[C@H](Cc1ccccc1)NC(=O)CN1Cc3ccccc3C1=O)CC1(CCC1)O2. The lowest BCUT2D eigenvalue weighted by Crippen LogP contribution is -2.53. The largest absolute Gasteiger partial charge is 0.487 e. The van der Waals surface area contributed by atoms with Crippen LogP contribution in [-0.2, 0) is 24.2 Å². The maximum Gasteiger partial charge on any atom is 0.254 e. The van der Waals surface area contributed by atoms with Crippen LogP contribution in [0.4, 0.5) is 0 Å². The van der Waals surface area contributed by atoms with Crippen LogP contribution in [0.5, 0.6) is 5.75 Å². The van der Waals surface area contributed by atoms with E-state index in [9.17, 15) is 14.7 Å². The average molecular weight is 554 g/mol. The van der Waals surface area contributed by atoms with Gasteiger partial charge in [-0.3, -0.25) is 9.59 Å². The molecule has 0 saturated heterocycles. The highest BCUT2D eigenvalue weighted by Crippen LogP contribution is 2.49. The summed E-state index contributed by atoms with van der Waals surface area (Å²) in [5, 5.41) is 18.2. The van der Waals surface area contributed by atoms with E-state index in [-0.39, 0.29) is 30.0 Å². The fourth-order valence-electron chi connectivity index (χ4n) is 6.42. The minimum atomic E-state index is -0.830. The van der Waals surface area contributed by atoms with Gasteiger partial charge < -0.3 is 25.4 Å². The number of aryl methyl sites for hydroxylation is 1. The molecule has 7 heteroatoms. The first-order valence-electron chi connectivity index (χ1n) is 14.9. The molecule has 3 aliphatic rings. The molecule has 1 fully saturated rings. The third-order valence-electron chi connectivity index (χ3n) is 8.94. The summed E-state index contributed by atoms with van der Waals surface area (Å²) in [4.78, 5) is 27.6. The Morgan fingerprint density at radius 3 is 2.59 bits per heavy atom. The standard InChI is InChI=1S/C34H39N3O4/c1-2-23-13-14-31-27(17-23)29(19-34(41-31)15-8-16-34)35-20-30(38)28(18-24-9-4-3-5-10-24)36-32(39)22-37-21-25-11-6-7-12-26(25)33(37)40/h3-7,9-14,17,28-30,35,38H,2,8,15-16,18-22H2,1H3,(H,36,39)/t28-,29-,30-/m0/s1. The topological polar surface area (TPSA) is 90.9 Å². The van der Waals surface area contributed by atoms with E-state index in [1.807, 2.05) is 48.5 Å². The summed E-state index contributed by atoms with van der Waals surface area (Å²) in [6, 6.07) is 23.3. The average Bonchev–Trinajstić information content (AvgIpc) is 3.29. The molecule has 3 aromatic rings. The third-order valence-corrected chi connectivity index (χ3v) is 8.94. The van der Waals surface area contributed by atoms with Crippen LogP contribution in [0.3, 0.4) is 0 Å². The Labute approximate surface area is 241 Å². The van der Waals surface area contributed by atoms with E-state index in [2.05, 4.69) is 35.8 Å². The predicted octanol–water partition coefficient (Wildman–Crippen LogP) is 4.33. The van der Waals surface area contributed by atoms with Crippen LogP contribution < -0.4 is 15.4 Å². The Hall–Kier alpha value is -3.68. The maximum absolute atomic E-state index is 13.2. The molecule has 1 spiro atoms. The van der Waals surface area contributed by atoms with Gasteiger partial charge in [0.05, 0.1) is 12.1 Å². The first-order valence-corrected chi connectivity index (χ1v) is 14.9. The minimum absolute atomic E-state index is 0.0470. The number of benzene rings is 3. The van der Waals surface area contributed by atoms with E-state index in [4.69, 9.17) is 4.74 Å². The first kappa shape index (κ1) is 27.5.